The highest BCUT2D eigenvalue weighted by atomic mass is 79.9. The van der Waals surface area contributed by atoms with Gasteiger partial charge in [0.1, 0.15) is 0 Å². The van der Waals surface area contributed by atoms with Gasteiger partial charge in [-0.3, -0.25) is 4.79 Å². The lowest BCUT2D eigenvalue weighted by Gasteiger charge is -2.11. The van der Waals surface area contributed by atoms with Crippen molar-refractivity contribution in [3.63, 3.8) is 0 Å². The predicted molar refractivity (Wildman–Crippen MR) is 80.7 cm³/mol. The quantitative estimate of drug-likeness (QED) is 0.753. The van der Waals surface area contributed by atoms with Gasteiger partial charge in [-0.2, -0.15) is 0 Å². The van der Waals surface area contributed by atoms with Crippen LogP contribution in [0, 0.1) is 0 Å². The van der Waals surface area contributed by atoms with Gasteiger partial charge in [0.25, 0.3) is 0 Å². The van der Waals surface area contributed by atoms with Crippen LogP contribution in [0.3, 0.4) is 0 Å². The van der Waals surface area contributed by atoms with Gasteiger partial charge in [-0.05, 0) is 41.0 Å². The van der Waals surface area contributed by atoms with Gasteiger partial charge in [0, 0.05) is 17.1 Å². The molecule has 4 heteroatoms. The number of hydrogen-bond acceptors (Lipinski definition) is 2. The molecule has 0 saturated heterocycles. The number of carbonyl (C=O) groups excluding carboxylic acids is 1. The zero-order valence-electron chi connectivity index (χ0n) is 10.3. The number of carbonyl (C=O) groups is 1. The molecule has 0 aromatic heterocycles. The Bertz CT molecular complexity index is 594. The molecular weight excluding hydrogens is 328 g/mol. The molecule has 0 fully saturated rings. The Hall–Kier alpha value is -1.16. The molecule has 19 heavy (non-hydrogen) atoms. The highest BCUT2D eigenvalue weighted by Gasteiger charge is 2.10. The van der Waals surface area contributed by atoms with Crippen LogP contribution in [0.25, 0.3) is 11.1 Å². The van der Waals surface area contributed by atoms with E-state index in [0.29, 0.717) is 17.2 Å². The van der Waals surface area contributed by atoms with Crippen LogP contribution >= 0.6 is 27.5 Å². The van der Waals surface area contributed by atoms with Crippen molar-refractivity contribution in [2.45, 2.75) is 6.61 Å². The van der Waals surface area contributed by atoms with Crippen molar-refractivity contribution >= 4 is 33.8 Å². The molecule has 0 unspecified atom stereocenters. The summed E-state index contributed by atoms with van der Waals surface area (Å²) < 4.78 is 6.20. The van der Waals surface area contributed by atoms with Gasteiger partial charge in [0.15, 0.2) is 6.29 Å². The van der Waals surface area contributed by atoms with E-state index in [1.54, 1.807) is 13.2 Å². The molecule has 0 atom stereocenters. The van der Waals surface area contributed by atoms with Crippen molar-refractivity contribution in [1.29, 1.82) is 0 Å². The van der Waals surface area contributed by atoms with Crippen molar-refractivity contribution in [2.75, 3.05) is 7.11 Å². The van der Waals surface area contributed by atoms with Crippen LogP contribution < -0.4 is 0 Å². The summed E-state index contributed by atoms with van der Waals surface area (Å²) in [5.74, 6) is 0. The van der Waals surface area contributed by atoms with E-state index < -0.39 is 0 Å². The third-order valence-corrected chi connectivity index (χ3v) is 3.66. The fourth-order valence-electron chi connectivity index (χ4n) is 1.90. The Balaban J connectivity index is 2.57. The first-order chi connectivity index (χ1) is 9.15. The van der Waals surface area contributed by atoms with E-state index in [1.165, 1.54) is 0 Å². The minimum atomic E-state index is 0.434. The average molecular weight is 340 g/mol. The molecule has 0 saturated carbocycles. The van der Waals surface area contributed by atoms with Crippen LogP contribution in [0.1, 0.15) is 15.9 Å². The maximum atomic E-state index is 10.9. The molecule has 0 aliphatic rings. The Morgan fingerprint density at radius 1 is 1.26 bits per heavy atom. The summed E-state index contributed by atoms with van der Waals surface area (Å²) in [4.78, 5) is 10.9. The Morgan fingerprint density at radius 3 is 2.53 bits per heavy atom. The van der Waals surface area contributed by atoms with Gasteiger partial charge in [0.05, 0.1) is 11.6 Å². The summed E-state index contributed by atoms with van der Waals surface area (Å²) in [7, 11) is 1.63. The van der Waals surface area contributed by atoms with Gasteiger partial charge in [0.2, 0.25) is 0 Å². The van der Waals surface area contributed by atoms with Gasteiger partial charge in [-0.1, -0.05) is 39.7 Å². The maximum Gasteiger partial charge on any atom is 0.151 e. The first-order valence-electron chi connectivity index (χ1n) is 5.68. The minimum absolute atomic E-state index is 0.434. The molecular formula is C15H12BrClO2. The molecule has 2 nitrogen and oxygen atoms in total. The van der Waals surface area contributed by atoms with Gasteiger partial charge in [-0.25, -0.2) is 0 Å². The number of rotatable bonds is 4. The van der Waals surface area contributed by atoms with Gasteiger partial charge in [-0.15, -0.1) is 0 Å². The molecule has 0 heterocycles. The third-order valence-electron chi connectivity index (χ3n) is 2.80. The van der Waals surface area contributed by atoms with E-state index in [4.69, 9.17) is 16.3 Å². The normalized spacial score (nSPS) is 10.5. The van der Waals surface area contributed by atoms with Crippen LogP contribution in [-0.4, -0.2) is 13.4 Å². The van der Waals surface area contributed by atoms with E-state index >= 15 is 0 Å². The number of halogens is 2. The SMILES string of the molecule is COCc1cc(C=O)c(Cl)cc1-c1ccc(Br)cc1. The summed E-state index contributed by atoms with van der Waals surface area (Å²) in [6.45, 7) is 0.434. The van der Waals surface area contributed by atoms with Crippen LogP contribution in [-0.2, 0) is 11.3 Å². The molecule has 0 aliphatic heterocycles. The van der Waals surface area contributed by atoms with Crippen molar-refractivity contribution in [2.24, 2.45) is 0 Å². The van der Waals surface area contributed by atoms with E-state index in [0.717, 1.165) is 27.4 Å². The lowest BCUT2D eigenvalue weighted by molar-refractivity contribution is 0.112. The fraction of sp³-hybridized carbons (Fsp3) is 0.133. The average Bonchev–Trinajstić information content (AvgIpc) is 2.41. The molecule has 2 aromatic rings. The topological polar surface area (TPSA) is 26.3 Å². The van der Waals surface area contributed by atoms with Crippen molar-refractivity contribution in [3.8, 4) is 11.1 Å². The van der Waals surface area contributed by atoms with Crippen molar-refractivity contribution in [3.05, 3.63) is 57.0 Å². The number of hydrogen-bond donors (Lipinski definition) is 0. The number of ether oxygens (including phenoxy) is 1. The molecule has 0 radical (unpaired) electrons. The second-order valence-electron chi connectivity index (χ2n) is 4.09. The molecule has 0 spiro atoms. The standard InChI is InChI=1S/C15H12BrClO2/c1-19-9-12-6-11(8-18)15(17)7-14(12)10-2-4-13(16)5-3-10/h2-8H,9H2,1H3. The van der Waals surface area contributed by atoms with E-state index in [2.05, 4.69) is 15.9 Å². The van der Waals surface area contributed by atoms with Gasteiger partial charge >= 0.3 is 0 Å². The lowest BCUT2D eigenvalue weighted by Crippen LogP contribution is -1.95. The predicted octanol–water partition coefficient (Wildman–Crippen LogP) is 4.73. The number of aldehydes is 1. The summed E-state index contributed by atoms with van der Waals surface area (Å²) >= 11 is 9.51. The minimum Gasteiger partial charge on any atom is -0.380 e. The maximum absolute atomic E-state index is 10.9. The largest absolute Gasteiger partial charge is 0.380 e. The highest BCUT2D eigenvalue weighted by molar-refractivity contribution is 9.10. The van der Waals surface area contributed by atoms with Crippen LogP contribution in [0.4, 0.5) is 0 Å². The van der Waals surface area contributed by atoms with Crippen molar-refractivity contribution < 1.29 is 9.53 Å². The second-order valence-corrected chi connectivity index (χ2v) is 5.41. The second kappa shape index (κ2) is 6.33. The molecule has 2 aromatic carbocycles. The first-order valence-corrected chi connectivity index (χ1v) is 6.85. The zero-order valence-corrected chi connectivity index (χ0v) is 12.7. The van der Waals surface area contributed by atoms with Crippen LogP contribution in [0.15, 0.2) is 40.9 Å². The van der Waals surface area contributed by atoms with E-state index in [1.807, 2.05) is 30.3 Å². The molecule has 0 N–H and O–H groups in total. The summed E-state index contributed by atoms with van der Waals surface area (Å²) in [5.41, 5.74) is 3.44. The summed E-state index contributed by atoms with van der Waals surface area (Å²) in [5, 5.41) is 0.452. The smallest absolute Gasteiger partial charge is 0.151 e. The van der Waals surface area contributed by atoms with E-state index in [-0.39, 0.29) is 0 Å². The number of benzene rings is 2. The van der Waals surface area contributed by atoms with Crippen LogP contribution in [0.2, 0.25) is 5.02 Å². The third kappa shape index (κ3) is 3.24. The Morgan fingerprint density at radius 2 is 1.95 bits per heavy atom. The Labute approximate surface area is 125 Å². The van der Waals surface area contributed by atoms with Crippen LogP contribution in [0.5, 0.6) is 0 Å². The summed E-state index contributed by atoms with van der Waals surface area (Å²) in [6.07, 6.45) is 0.757. The molecule has 2 rings (SSSR count). The summed E-state index contributed by atoms with van der Waals surface area (Å²) in [6, 6.07) is 11.5. The first kappa shape index (κ1) is 14.3. The van der Waals surface area contributed by atoms with E-state index in [9.17, 15) is 4.79 Å². The van der Waals surface area contributed by atoms with Gasteiger partial charge < -0.3 is 4.74 Å². The highest BCUT2D eigenvalue weighted by Crippen LogP contribution is 2.30. The molecule has 0 bridgehead atoms. The lowest BCUT2D eigenvalue weighted by atomic mass is 9.98. The monoisotopic (exact) mass is 338 g/mol. The molecule has 98 valence electrons. The number of methoxy groups -OCH3 is 1. The zero-order chi connectivity index (χ0) is 13.8. The Kier molecular flexibility index (Phi) is 4.75. The molecule has 0 amide bonds. The van der Waals surface area contributed by atoms with Crippen molar-refractivity contribution in [1.82, 2.24) is 0 Å². The molecule has 0 aliphatic carbocycles. The fourth-order valence-corrected chi connectivity index (χ4v) is 2.37.